The van der Waals surface area contributed by atoms with E-state index < -0.39 is 6.04 Å². The number of para-hydroxylation sites is 1. The first-order chi connectivity index (χ1) is 16.9. The van der Waals surface area contributed by atoms with E-state index in [2.05, 4.69) is 10.3 Å². The van der Waals surface area contributed by atoms with E-state index in [9.17, 15) is 9.59 Å². The summed E-state index contributed by atoms with van der Waals surface area (Å²) >= 11 is 1.28. The van der Waals surface area contributed by atoms with E-state index in [4.69, 9.17) is 9.15 Å². The highest BCUT2D eigenvalue weighted by atomic mass is 32.1. The molecule has 176 valence electrons. The number of ether oxygens (including phenoxy) is 1. The smallest absolute Gasteiger partial charge is 0.271 e. The Morgan fingerprint density at radius 3 is 2.49 bits per heavy atom. The van der Waals surface area contributed by atoms with Crippen molar-refractivity contribution in [1.82, 2.24) is 4.57 Å². The number of hydrogen-bond acceptors (Lipinski definition) is 6. The number of carbonyl (C=O) groups excluding carboxylic acids is 1. The number of thiazole rings is 1. The molecule has 0 fully saturated rings. The summed E-state index contributed by atoms with van der Waals surface area (Å²) in [7, 11) is 1.61. The van der Waals surface area contributed by atoms with Crippen LogP contribution in [-0.4, -0.2) is 17.6 Å². The van der Waals surface area contributed by atoms with Crippen LogP contribution in [0.1, 0.15) is 30.0 Å². The van der Waals surface area contributed by atoms with Crippen LogP contribution in [0.5, 0.6) is 5.75 Å². The maximum Gasteiger partial charge on any atom is 0.271 e. The van der Waals surface area contributed by atoms with Crippen LogP contribution in [0.25, 0.3) is 6.08 Å². The average molecular weight is 486 g/mol. The van der Waals surface area contributed by atoms with Gasteiger partial charge >= 0.3 is 0 Å². The molecule has 1 aliphatic heterocycles. The number of furan rings is 1. The number of hydrogen-bond donors (Lipinski definition) is 1. The van der Waals surface area contributed by atoms with Crippen LogP contribution >= 0.6 is 11.3 Å². The maximum atomic E-state index is 13.6. The summed E-state index contributed by atoms with van der Waals surface area (Å²) in [4.78, 5) is 32.2. The standard InChI is InChI=1S/C27H23N3O4S/c1-16-9-14-21(34-16)24-23(25(31)29-19-7-5-4-6-8-19)17(2)28-27-30(24)26(32)22(35-27)15-18-10-12-20(33-3)13-11-18/h4-15,24H,1-3H3,(H,29,31)/b22-15-. The number of allylic oxidation sites excluding steroid dienone is 1. The molecule has 1 N–H and O–H groups in total. The van der Waals surface area contributed by atoms with Gasteiger partial charge in [0.15, 0.2) is 4.80 Å². The third-order valence-electron chi connectivity index (χ3n) is 5.74. The second-order valence-corrected chi connectivity index (χ2v) is 9.13. The number of rotatable bonds is 5. The van der Waals surface area contributed by atoms with Gasteiger partial charge in [-0.1, -0.05) is 41.7 Å². The van der Waals surface area contributed by atoms with Crippen molar-refractivity contribution in [3.63, 3.8) is 0 Å². The number of anilines is 1. The monoisotopic (exact) mass is 485 g/mol. The van der Waals surface area contributed by atoms with Crippen molar-refractivity contribution >= 4 is 29.0 Å². The zero-order valence-corrected chi connectivity index (χ0v) is 20.3. The number of methoxy groups -OCH3 is 1. The van der Waals surface area contributed by atoms with Crippen LogP contribution in [0, 0.1) is 6.92 Å². The summed E-state index contributed by atoms with van der Waals surface area (Å²) in [6.45, 7) is 3.61. The van der Waals surface area contributed by atoms with Crippen molar-refractivity contribution in [1.29, 1.82) is 0 Å². The van der Waals surface area contributed by atoms with Gasteiger partial charge in [0, 0.05) is 5.69 Å². The molecule has 8 heteroatoms. The fraction of sp³-hybridized carbons (Fsp3) is 0.148. The lowest BCUT2D eigenvalue weighted by Gasteiger charge is -2.23. The lowest BCUT2D eigenvalue weighted by molar-refractivity contribution is -0.113. The van der Waals surface area contributed by atoms with Gasteiger partial charge in [-0.25, -0.2) is 4.99 Å². The lowest BCUT2D eigenvalue weighted by Crippen LogP contribution is -2.40. The highest BCUT2D eigenvalue weighted by Gasteiger charge is 2.34. The topological polar surface area (TPSA) is 85.8 Å². The molecule has 1 atom stereocenters. The van der Waals surface area contributed by atoms with E-state index in [1.807, 2.05) is 73.7 Å². The minimum Gasteiger partial charge on any atom is -0.497 e. The Balaban J connectivity index is 1.64. The van der Waals surface area contributed by atoms with Crippen molar-refractivity contribution in [2.75, 3.05) is 12.4 Å². The third kappa shape index (κ3) is 4.36. The van der Waals surface area contributed by atoms with Crippen LogP contribution in [0.15, 0.2) is 92.2 Å². The molecule has 2 aromatic carbocycles. The van der Waals surface area contributed by atoms with Gasteiger partial charge in [0.05, 0.1) is 22.9 Å². The number of nitrogens with zero attached hydrogens (tertiary/aromatic N) is 2. The van der Waals surface area contributed by atoms with Crippen LogP contribution in [-0.2, 0) is 4.79 Å². The molecule has 1 unspecified atom stereocenters. The molecule has 0 saturated carbocycles. The summed E-state index contributed by atoms with van der Waals surface area (Å²) < 4.78 is 13.2. The molecule has 0 aliphatic carbocycles. The average Bonchev–Trinajstić information content (AvgIpc) is 3.42. The second kappa shape index (κ2) is 9.23. The van der Waals surface area contributed by atoms with Crippen molar-refractivity contribution in [3.05, 3.63) is 115 Å². The number of benzene rings is 2. The fourth-order valence-corrected chi connectivity index (χ4v) is 5.10. The van der Waals surface area contributed by atoms with Crippen molar-refractivity contribution in [2.24, 2.45) is 4.99 Å². The Morgan fingerprint density at radius 2 is 1.83 bits per heavy atom. The Morgan fingerprint density at radius 1 is 1.09 bits per heavy atom. The summed E-state index contributed by atoms with van der Waals surface area (Å²) in [6, 6.07) is 19.5. The second-order valence-electron chi connectivity index (χ2n) is 8.12. The summed E-state index contributed by atoms with van der Waals surface area (Å²) in [6.07, 6.45) is 1.82. The molecule has 1 aliphatic rings. The first kappa shape index (κ1) is 22.6. The molecule has 5 rings (SSSR count). The van der Waals surface area contributed by atoms with Crippen LogP contribution in [0.2, 0.25) is 0 Å². The van der Waals surface area contributed by atoms with Gasteiger partial charge in [-0.15, -0.1) is 0 Å². The fourth-order valence-electron chi connectivity index (χ4n) is 4.05. The highest BCUT2D eigenvalue weighted by molar-refractivity contribution is 7.07. The van der Waals surface area contributed by atoms with Gasteiger partial charge in [-0.3, -0.25) is 14.2 Å². The van der Waals surface area contributed by atoms with Crippen LogP contribution in [0.3, 0.4) is 0 Å². The minimum absolute atomic E-state index is 0.235. The Hall–Kier alpha value is -4.17. The molecule has 3 heterocycles. The summed E-state index contributed by atoms with van der Waals surface area (Å²) in [5.41, 5.74) is 2.19. The van der Waals surface area contributed by atoms with E-state index in [1.54, 1.807) is 24.7 Å². The van der Waals surface area contributed by atoms with Crippen molar-refractivity contribution in [2.45, 2.75) is 19.9 Å². The molecule has 1 amide bonds. The molecular formula is C27H23N3O4S. The number of carbonyl (C=O) groups is 1. The molecule has 2 aromatic heterocycles. The predicted molar refractivity (Wildman–Crippen MR) is 135 cm³/mol. The zero-order chi connectivity index (χ0) is 24.5. The van der Waals surface area contributed by atoms with E-state index in [-0.39, 0.29) is 11.5 Å². The van der Waals surface area contributed by atoms with Crippen LogP contribution < -0.4 is 24.9 Å². The molecule has 0 saturated heterocycles. The summed E-state index contributed by atoms with van der Waals surface area (Å²) in [5.74, 6) is 1.60. The predicted octanol–water partition coefficient (Wildman–Crippen LogP) is 3.78. The first-order valence-electron chi connectivity index (χ1n) is 11.0. The molecule has 4 aromatic rings. The highest BCUT2D eigenvalue weighted by Crippen LogP contribution is 2.31. The molecule has 7 nitrogen and oxygen atoms in total. The number of aryl methyl sites for hydroxylation is 1. The van der Waals surface area contributed by atoms with E-state index in [0.29, 0.717) is 37.8 Å². The first-order valence-corrected chi connectivity index (χ1v) is 11.9. The number of nitrogens with one attached hydrogen (secondary N) is 1. The van der Waals surface area contributed by atoms with Crippen LogP contribution in [0.4, 0.5) is 5.69 Å². The van der Waals surface area contributed by atoms with Gasteiger partial charge < -0.3 is 14.5 Å². The Labute approximate surface area is 205 Å². The van der Waals surface area contributed by atoms with E-state index in [0.717, 1.165) is 11.3 Å². The number of amides is 1. The maximum absolute atomic E-state index is 13.6. The van der Waals surface area contributed by atoms with Gasteiger partial charge in [0.1, 0.15) is 23.3 Å². The third-order valence-corrected chi connectivity index (χ3v) is 6.73. The molecular weight excluding hydrogens is 462 g/mol. The number of fused-ring (bicyclic) bond motifs is 1. The largest absolute Gasteiger partial charge is 0.497 e. The Kier molecular flexibility index (Phi) is 5.96. The lowest BCUT2D eigenvalue weighted by atomic mass is 10.00. The Bertz CT molecular complexity index is 1610. The number of aromatic nitrogens is 1. The molecule has 0 radical (unpaired) electrons. The quantitative estimate of drug-likeness (QED) is 0.466. The van der Waals surface area contributed by atoms with Crippen molar-refractivity contribution < 1.29 is 13.9 Å². The normalized spacial score (nSPS) is 15.5. The molecule has 35 heavy (non-hydrogen) atoms. The van der Waals surface area contributed by atoms with E-state index in [1.165, 1.54) is 11.3 Å². The summed E-state index contributed by atoms with van der Waals surface area (Å²) in [5, 5.41) is 2.93. The zero-order valence-electron chi connectivity index (χ0n) is 19.4. The van der Waals surface area contributed by atoms with E-state index >= 15 is 0 Å². The van der Waals surface area contributed by atoms with Gasteiger partial charge in [-0.05, 0) is 61.9 Å². The minimum atomic E-state index is -0.735. The van der Waals surface area contributed by atoms with Gasteiger partial charge in [-0.2, -0.15) is 0 Å². The molecule has 0 spiro atoms. The van der Waals surface area contributed by atoms with Gasteiger partial charge in [0.2, 0.25) is 0 Å². The van der Waals surface area contributed by atoms with Gasteiger partial charge in [0.25, 0.3) is 11.5 Å². The van der Waals surface area contributed by atoms with Crippen molar-refractivity contribution in [3.8, 4) is 5.75 Å². The molecule has 0 bridgehead atoms. The SMILES string of the molecule is COc1ccc(/C=c2\sc3n(c2=O)C(c2ccc(C)o2)C(C(=O)Nc2ccccc2)=C(C)N=3)cc1.